The number of carbonyl (C=O) groups is 1. The molecular weight excluding hydrogens is 446 g/mol. The first-order chi connectivity index (χ1) is 17.3. The van der Waals surface area contributed by atoms with Gasteiger partial charge in [0.1, 0.15) is 5.60 Å². The molecule has 0 bridgehead atoms. The SMILES string of the molecule is CCCCN(CCCC)c1ccc(/C=C/c2ccc(N3CCN(C(=O)OC(C)(C)C)CC3)cc2)cc1. The molecule has 1 amide bonds. The molecule has 2 aromatic rings. The first-order valence-electron chi connectivity index (χ1n) is 13.6. The van der Waals surface area contributed by atoms with Crippen molar-refractivity contribution >= 4 is 29.6 Å². The van der Waals surface area contributed by atoms with Crippen molar-refractivity contribution in [3.63, 3.8) is 0 Å². The van der Waals surface area contributed by atoms with Crippen LogP contribution in [0.15, 0.2) is 48.5 Å². The van der Waals surface area contributed by atoms with E-state index < -0.39 is 5.60 Å². The van der Waals surface area contributed by atoms with Gasteiger partial charge in [0, 0.05) is 50.6 Å². The molecule has 0 saturated carbocycles. The minimum atomic E-state index is -0.455. The zero-order valence-electron chi connectivity index (χ0n) is 23.0. The molecule has 1 aliphatic rings. The average molecular weight is 492 g/mol. The highest BCUT2D eigenvalue weighted by Gasteiger charge is 2.25. The maximum absolute atomic E-state index is 12.3. The Kier molecular flexibility index (Phi) is 10.3. The van der Waals surface area contributed by atoms with E-state index in [1.54, 1.807) is 4.90 Å². The molecule has 0 N–H and O–H groups in total. The van der Waals surface area contributed by atoms with Crippen LogP contribution in [0, 0.1) is 0 Å². The monoisotopic (exact) mass is 491 g/mol. The molecule has 196 valence electrons. The Morgan fingerprint density at radius 2 is 1.33 bits per heavy atom. The van der Waals surface area contributed by atoms with E-state index in [0.717, 1.165) is 26.2 Å². The van der Waals surface area contributed by atoms with Gasteiger partial charge in [-0.2, -0.15) is 0 Å². The number of nitrogens with zero attached hydrogens (tertiary/aromatic N) is 3. The zero-order valence-corrected chi connectivity index (χ0v) is 23.0. The number of benzene rings is 2. The van der Waals surface area contributed by atoms with Crippen molar-refractivity contribution in [3.05, 3.63) is 59.7 Å². The van der Waals surface area contributed by atoms with Crippen LogP contribution in [-0.4, -0.2) is 55.9 Å². The molecule has 5 heteroatoms. The Hall–Kier alpha value is -2.95. The van der Waals surface area contributed by atoms with E-state index >= 15 is 0 Å². The lowest BCUT2D eigenvalue weighted by atomic mass is 10.1. The van der Waals surface area contributed by atoms with Gasteiger partial charge in [-0.25, -0.2) is 4.79 Å². The standard InChI is InChI=1S/C31H45N3O2/c1-6-8-20-32(21-9-7-2)28-16-12-26(13-17-28)10-11-27-14-18-29(19-15-27)33-22-24-34(25-23-33)30(35)36-31(3,4)5/h10-19H,6-9,20-25H2,1-5H3/b11-10+. The predicted octanol–water partition coefficient (Wildman–Crippen LogP) is 7.32. The topological polar surface area (TPSA) is 36.0 Å². The van der Waals surface area contributed by atoms with Gasteiger partial charge in [-0.1, -0.05) is 63.1 Å². The quantitative estimate of drug-likeness (QED) is 0.326. The molecule has 0 aliphatic carbocycles. The second-order valence-corrected chi connectivity index (χ2v) is 10.7. The van der Waals surface area contributed by atoms with Gasteiger partial charge in [0.2, 0.25) is 0 Å². The van der Waals surface area contributed by atoms with E-state index in [9.17, 15) is 4.79 Å². The van der Waals surface area contributed by atoms with Crippen molar-refractivity contribution in [2.75, 3.05) is 49.1 Å². The van der Waals surface area contributed by atoms with Gasteiger partial charge in [-0.3, -0.25) is 0 Å². The molecule has 36 heavy (non-hydrogen) atoms. The van der Waals surface area contributed by atoms with Gasteiger partial charge >= 0.3 is 6.09 Å². The van der Waals surface area contributed by atoms with Crippen LogP contribution in [0.5, 0.6) is 0 Å². The minimum absolute atomic E-state index is 0.217. The fraction of sp³-hybridized carbons (Fsp3) is 0.516. The van der Waals surface area contributed by atoms with Gasteiger partial charge in [0.15, 0.2) is 0 Å². The van der Waals surface area contributed by atoms with Crippen LogP contribution in [-0.2, 0) is 4.74 Å². The highest BCUT2D eigenvalue weighted by atomic mass is 16.6. The van der Waals surface area contributed by atoms with Crippen molar-refractivity contribution < 1.29 is 9.53 Å². The van der Waals surface area contributed by atoms with Gasteiger partial charge in [0.05, 0.1) is 0 Å². The smallest absolute Gasteiger partial charge is 0.410 e. The Bertz CT molecular complexity index is 945. The molecule has 0 unspecified atom stereocenters. The number of hydrogen-bond donors (Lipinski definition) is 0. The number of carbonyl (C=O) groups excluding carboxylic acids is 1. The van der Waals surface area contributed by atoms with Gasteiger partial charge in [-0.15, -0.1) is 0 Å². The number of unbranched alkanes of at least 4 members (excludes halogenated alkanes) is 2. The highest BCUT2D eigenvalue weighted by molar-refractivity contribution is 5.72. The summed E-state index contributed by atoms with van der Waals surface area (Å²) in [6, 6.07) is 17.6. The predicted molar refractivity (Wildman–Crippen MR) is 154 cm³/mol. The van der Waals surface area contributed by atoms with E-state index in [-0.39, 0.29) is 6.09 Å². The summed E-state index contributed by atoms with van der Waals surface area (Å²) in [6.45, 7) is 15.5. The van der Waals surface area contributed by atoms with Crippen LogP contribution >= 0.6 is 0 Å². The van der Waals surface area contributed by atoms with Crippen molar-refractivity contribution in [3.8, 4) is 0 Å². The summed E-state index contributed by atoms with van der Waals surface area (Å²) in [5.74, 6) is 0. The maximum Gasteiger partial charge on any atom is 0.410 e. The van der Waals surface area contributed by atoms with Gasteiger partial charge in [0.25, 0.3) is 0 Å². The fourth-order valence-corrected chi connectivity index (χ4v) is 4.33. The van der Waals surface area contributed by atoms with E-state index in [0.29, 0.717) is 13.1 Å². The van der Waals surface area contributed by atoms with Crippen molar-refractivity contribution in [1.29, 1.82) is 0 Å². The lowest BCUT2D eigenvalue weighted by Gasteiger charge is -2.36. The Morgan fingerprint density at radius 1 is 0.833 bits per heavy atom. The molecule has 3 rings (SSSR count). The van der Waals surface area contributed by atoms with Crippen molar-refractivity contribution in [1.82, 2.24) is 4.90 Å². The molecule has 0 atom stereocenters. The second kappa shape index (κ2) is 13.4. The fourth-order valence-electron chi connectivity index (χ4n) is 4.33. The number of hydrogen-bond acceptors (Lipinski definition) is 4. The number of ether oxygens (including phenoxy) is 1. The summed E-state index contributed by atoms with van der Waals surface area (Å²) in [4.78, 5) is 19.0. The highest BCUT2D eigenvalue weighted by Crippen LogP contribution is 2.21. The third kappa shape index (κ3) is 8.61. The second-order valence-electron chi connectivity index (χ2n) is 10.7. The summed E-state index contributed by atoms with van der Waals surface area (Å²) in [5, 5.41) is 0. The molecule has 1 fully saturated rings. The third-order valence-electron chi connectivity index (χ3n) is 6.48. The maximum atomic E-state index is 12.3. The molecule has 2 aromatic carbocycles. The first kappa shape index (κ1) is 27.6. The molecule has 0 spiro atoms. The largest absolute Gasteiger partial charge is 0.444 e. The molecule has 1 aliphatic heterocycles. The molecule has 1 saturated heterocycles. The number of amides is 1. The van der Waals surface area contributed by atoms with Crippen LogP contribution in [0.3, 0.4) is 0 Å². The molecule has 5 nitrogen and oxygen atoms in total. The van der Waals surface area contributed by atoms with Crippen molar-refractivity contribution in [2.24, 2.45) is 0 Å². The summed E-state index contributed by atoms with van der Waals surface area (Å²) < 4.78 is 5.50. The summed E-state index contributed by atoms with van der Waals surface area (Å²) >= 11 is 0. The Balaban J connectivity index is 1.53. The van der Waals surface area contributed by atoms with Gasteiger partial charge in [-0.05, 0) is 69.0 Å². The van der Waals surface area contributed by atoms with E-state index in [4.69, 9.17) is 4.74 Å². The zero-order chi connectivity index (χ0) is 26.0. The van der Waals surface area contributed by atoms with E-state index in [1.807, 2.05) is 20.8 Å². The number of rotatable bonds is 10. The Morgan fingerprint density at radius 3 is 1.81 bits per heavy atom. The first-order valence-corrected chi connectivity index (χ1v) is 13.6. The normalized spacial score (nSPS) is 14.4. The minimum Gasteiger partial charge on any atom is -0.444 e. The van der Waals surface area contributed by atoms with Crippen molar-refractivity contribution in [2.45, 2.75) is 65.9 Å². The summed E-state index contributed by atoms with van der Waals surface area (Å²) in [5.41, 5.74) is 4.46. The summed E-state index contributed by atoms with van der Waals surface area (Å²) in [6.07, 6.45) is 9.06. The number of anilines is 2. The van der Waals surface area contributed by atoms with Crippen LogP contribution < -0.4 is 9.80 Å². The summed E-state index contributed by atoms with van der Waals surface area (Å²) in [7, 11) is 0. The lowest BCUT2D eigenvalue weighted by molar-refractivity contribution is 0.0240. The van der Waals surface area contributed by atoms with E-state index in [2.05, 4.69) is 84.3 Å². The Labute approximate surface area is 218 Å². The van der Waals surface area contributed by atoms with E-state index in [1.165, 1.54) is 48.2 Å². The lowest BCUT2D eigenvalue weighted by Crippen LogP contribution is -2.50. The van der Waals surface area contributed by atoms with Crippen LogP contribution in [0.4, 0.5) is 16.2 Å². The van der Waals surface area contributed by atoms with Gasteiger partial charge < -0.3 is 19.4 Å². The molecular formula is C31H45N3O2. The molecule has 0 aromatic heterocycles. The average Bonchev–Trinajstić information content (AvgIpc) is 2.87. The van der Waals surface area contributed by atoms with Crippen LogP contribution in [0.25, 0.3) is 12.2 Å². The third-order valence-corrected chi connectivity index (χ3v) is 6.48. The van der Waals surface area contributed by atoms with Crippen LogP contribution in [0.2, 0.25) is 0 Å². The molecule has 0 radical (unpaired) electrons. The number of piperazine rings is 1. The molecule has 1 heterocycles. The van der Waals surface area contributed by atoms with Crippen LogP contribution in [0.1, 0.15) is 71.4 Å².